The molecule has 0 saturated heterocycles. The largest absolute Gasteiger partial charge is 0.490 e. The molecule has 0 radical (unpaired) electrons. The number of aromatic nitrogens is 1. The second-order valence-corrected chi connectivity index (χ2v) is 11.2. The van der Waals surface area contributed by atoms with Crippen LogP contribution in [0, 0.1) is 0 Å². The summed E-state index contributed by atoms with van der Waals surface area (Å²) in [4.78, 5) is 6.26. The molecule has 9 heteroatoms. The van der Waals surface area contributed by atoms with E-state index >= 15 is 0 Å². The summed E-state index contributed by atoms with van der Waals surface area (Å²) in [7, 11) is -3.87. The Kier molecular flexibility index (Phi) is 6.29. The van der Waals surface area contributed by atoms with Gasteiger partial charge in [0.25, 0.3) is 0 Å². The molecule has 0 amide bonds. The molecule has 1 aliphatic heterocycles. The minimum atomic E-state index is -3.87. The highest BCUT2D eigenvalue weighted by Crippen LogP contribution is 2.38. The molecule has 1 atom stereocenters. The van der Waals surface area contributed by atoms with Gasteiger partial charge >= 0.3 is 0 Å². The molecule has 5 rings (SSSR count). The highest BCUT2D eigenvalue weighted by molar-refractivity contribution is 7.98. The molecule has 170 valence electrons. The predicted octanol–water partition coefficient (Wildman–Crippen LogP) is 5.25. The van der Waals surface area contributed by atoms with Crippen molar-refractivity contribution in [3.8, 4) is 11.5 Å². The Morgan fingerprint density at radius 2 is 1.88 bits per heavy atom. The third kappa shape index (κ3) is 4.59. The SMILES string of the molecule is CSc1ccccc1C(NS(=O)(=O)c1ccc2c(c1)OCCCO2)c1cc2ccncc2s1. The molecule has 2 aromatic carbocycles. The van der Waals surface area contributed by atoms with Gasteiger partial charge in [0.1, 0.15) is 0 Å². The van der Waals surface area contributed by atoms with Crippen LogP contribution in [-0.2, 0) is 10.0 Å². The van der Waals surface area contributed by atoms with Crippen molar-refractivity contribution < 1.29 is 17.9 Å². The number of rotatable bonds is 6. The van der Waals surface area contributed by atoms with E-state index in [1.807, 2.05) is 42.7 Å². The monoisotopic (exact) mass is 498 g/mol. The van der Waals surface area contributed by atoms with Gasteiger partial charge < -0.3 is 9.47 Å². The van der Waals surface area contributed by atoms with Gasteiger partial charge in [-0.05, 0) is 47.5 Å². The zero-order valence-corrected chi connectivity index (χ0v) is 20.3. The van der Waals surface area contributed by atoms with E-state index in [-0.39, 0.29) is 4.90 Å². The molecular weight excluding hydrogens is 476 g/mol. The second kappa shape index (κ2) is 9.34. The molecule has 6 nitrogen and oxygen atoms in total. The number of fused-ring (bicyclic) bond motifs is 2. The standard InChI is InChI=1S/C24H22N2O4S3/c1-31-21-6-3-2-5-18(21)24(22-13-16-9-10-25-15-23(16)32-22)26-33(27,28)17-7-8-19-20(14-17)30-12-4-11-29-19/h2-3,5-10,13-15,24,26H,4,11-12H2,1H3. The topological polar surface area (TPSA) is 77.5 Å². The first-order chi connectivity index (χ1) is 16.0. The Hall–Kier alpha value is -2.59. The van der Waals surface area contributed by atoms with Gasteiger partial charge in [-0.15, -0.1) is 23.1 Å². The van der Waals surface area contributed by atoms with Crippen molar-refractivity contribution in [2.75, 3.05) is 19.5 Å². The van der Waals surface area contributed by atoms with E-state index in [0.29, 0.717) is 24.7 Å². The normalized spacial score (nSPS) is 14.7. The summed E-state index contributed by atoms with van der Waals surface area (Å²) in [6.07, 6.45) is 6.29. The number of benzene rings is 2. The molecule has 1 aliphatic rings. The fraction of sp³-hybridized carbons (Fsp3) is 0.208. The van der Waals surface area contributed by atoms with Crippen LogP contribution in [0.25, 0.3) is 10.1 Å². The van der Waals surface area contributed by atoms with Crippen LogP contribution in [0.5, 0.6) is 11.5 Å². The number of nitrogens with one attached hydrogen (secondary N) is 1. The summed E-state index contributed by atoms with van der Waals surface area (Å²) in [5, 5.41) is 1.03. The predicted molar refractivity (Wildman–Crippen MR) is 132 cm³/mol. The molecule has 1 N–H and O–H groups in total. The molecule has 0 aliphatic carbocycles. The van der Waals surface area contributed by atoms with Gasteiger partial charge in [-0.1, -0.05) is 18.2 Å². The summed E-state index contributed by atoms with van der Waals surface area (Å²) in [5.41, 5.74) is 0.905. The van der Waals surface area contributed by atoms with Crippen molar-refractivity contribution in [3.63, 3.8) is 0 Å². The van der Waals surface area contributed by atoms with E-state index < -0.39 is 16.1 Å². The van der Waals surface area contributed by atoms with Crippen LogP contribution in [-0.4, -0.2) is 32.9 Å². The minimum absolute atomic E-state index is 0.140. The van der Waals surface area contributed by atoms with Gasteiger partial charge in [0.05, 0.1) is 28.9 Å². The fourth-order valence-corrected chi connectivity index (χ4v) is 6.78. The van der Waals surface area contributed by atoms with E-state index in [1.54, 1.807) is 36.3 Å². The van der Waals surface area contributed by atoms with E-state index in [0.717, 1.165) is 31.8 Å². The molecule has 0 spiro atoms. The number of hydrogen-bond donors (Lipinski definition) is 1. The van der Waals surface area contributed by atoms with Crippen molar-refractivity contribution in [2.45, 2.75) is 22.3 Å². The van der Waals surface area contributed by atoms with Crippen LogP contribution < -0.4 is 14.2 Å². The number of thiophene rings is 1. The summed E-state index contributed by atoms with van der Waals surface area (Å²) >= 11 is 3.13. The van der Waals surface area contributed by atoms with Crippen LogP contribution in [0.2, 0.25) is 0 Å². The van der Waals surface area contributed by atoms with Gasteiger partial charge in [-0.2, -0.15) is 4.72 Å². The maximum Gasteiger partial charge on any atom is 0.241 e. The lowest BCUT2D eigenvalue weighted by atomic mass is 10.1. The molecule has 0 bridgehead atoms. The Labute approximate surface area is 201 Å². The second-order valence-electron chi connectivity index (χ2n) is 7.52. The Morgan fingerprint density at radius 3 is 2.70 bits per heavy atom. The van der Waals surface area contributed by atoms with Crippen LogP contribution in [0.3, 0.4) is 0 Å². The lowest BCUT2D eigenvalue weighted by molar-refractivity contribution is 0.297. The summed E-state index contributed by atoms with van der Waals surface area (Å²) in [6, 6.07) is 16.0. The lowest BCUT2D eigenvalue weighted by Gasteiger charge is -2.21. The molecule has 0 saturated carbocycles. The van der Waals surface area contributed by atoms with Crippen LogP contribution in [0.15, 0.2) is 76.8 Å². The van der Waals surface area contributed by atoms with Crippen LogP contribution in [0.4, 0.5) is 0 Å². The van der Waals surface area contributed by atoms with Crippen molar-refractivity contribution >= 4 is 43.2 Å². The highest BCUT2D eigenvalue weighted by Gasteiger charge is 2.27. The van der Waals surface area contributed by atoms with E-state index in [4.69, 9.17) is 9.47 Å². The maximum absolute atomic E-state index is 13.6. The van der Waals surface area contributed by atoms with E-state index in [1.165, 1.54) is 17.4 Å². The quantitative estimate of drug-likeness (QED) is 0.366. The molecule has 2 aromatic heterocycles. The fourth-order valence-electron chi connectivity index (χ4n) is 3.76. The van der Waals surface area contributed by atoms with E-state index in [2.05, 4.69) is 9.71 Å². The minimum Gasteiger partial charge on any atom is -0.490 e. The molecule has 3 heterocycles. The Bertz CT molecular complexity index is 1370. The van der Waals surface area contributed by atoms with Crippen molar-refractivity contribution in [1.29, 1.82) is 0 Å². The Morgan fingerprint density at radius 1 is 1.06 bits per heavy atom. The summed E-state index contributed by atoms with van der Waals surface area (Å²) < 4.78 is 42.4. The maximum atomic E-state index is 13.6. The molecule has 33 heavy (non-hydrogen) atoms. The summed E-state index contributed by atoms with van der Waals surface area (Å²) in [6.45, 7) is 1.04. The number of nitrogens with zero attached hydrogens (tertiary/aromatic N) is 1. The van der Waals surface area contributed by atoms with Gasteiger partial charge in [0, 0.05) is 34.7 Å². The van der Waals surface area contributed by atoms with Gasteiger partial charge in [-0.3, -0.25) is 4.98 Å². The smallest absolute Gasteiger partial charge is 0.241 e. The van der Waals surface area contributed by atoms with Crippen molar-refractivity contribution in [3.05, 3.63) is 77.4 Å². The third-order valence-electron chi connectivity index (χ3n) is 5.38. The third-order valence-corrected chi connectivity index (χ3v) is 8.76. The average molecular weight is 499 g/mol. The zero-order valence-electron chi connectivity index (χ0n) is 17.9. The highest BCUT2D eigenvalue weighted by atomic mass is 32.2. The molecule has 0 fully saturated rings. The summed E-state index contributed by atoms with van der Waals surface area (Å²) in [5.74, 6) is 1.01. The number of hydrogen-bond acceptors (Lipinski definition) is 7. The molecule has 1 unspecified atom stereocenters. The van der Waals surface area contributed by atoms with Crippen LogP contribution in [0.1, 0.15) is 22.9 Å². The molecule has 4 aromatic rings. The van der Waals surface area contributed by atoms with Crippen molar-refractivity contribution in [2.24, 2.45) is 0 Å². The first-order valence-corrected chi connectivity index (χ1v) is 14.0. The number of pyridine rings is 1. The zero-order chi connectivity index (χ0) is 22.8. The molecular formula is C24H22N2O4S3. The van der Waals surface area contributed by atoms with Crippen LogP contribution >= 0.6 is 23.1 Å². The lowest BCUT2D eigenvalue weighted by Crippen LogP contribution is -2.29. The average Bonchev–Trinajstić information content (AvgIpc) is 3.12. The Balaban J connectivity index is 1.57. The van der Waals surface area contributed by atoms with E-state index in [9.17, 15) is 8.42 Å². The number of thioether (sulfide) groups is 1. The van der Waals surface area contributed by atoms with Gasteiger partial charge in [0.2, 0.25) is 10.0 Å². The number of ether oxygens (including phenoxy) is 2. The van der Waals surface area contributed by atoms with Gasteiger partial charge in [0.15, 0.2) is 11.5 Å². The number of sulfonamides is 1. The first-order valence-electron chi connectivity index (χ1n) is 10.4. The van der Waals surface area contributed by atoms with Crippen molar-refractivity contribution in [1.82, 2.24) is 9.71 Å². The van der Waals surface area contributed by atoms with Gasteiger partial charge in [-0.25, -0.2) is 8.42 Å². The first kappa shape index (κ1) is 22.2.